The van der Waals surface area contributed by atoms with Crippen molar-refractivity contribution >= 4 is 12.1 Å². The minimum atomic E-state index is -0.129. The topological polar surface area (TPSA) is 75.7 Å². The summed E-state index contributed by atoms with van der Waals surface area (Å²) in [7, 11) is 0. The smallest absolute Gasteiger partial charge is 0.240 e. The maximum Gasteiger partial charge on any atom is 0.240 e. The summed E-state index contributed by atoms with van der Waals surface area (Å²) in [6, 6.07) is 9.42. The second-order valence-electron chi connectivity index (χ2n) is 4.61. The summed E-state index contributed by atoms with van der Waals surface area (Å²) >= 11 is 0. The third-order valence-electron chi connectivity index (χ3n) is 3.09. The van der Waals surface area contributed by atoms with Crippen LogP contribution in [0.5, 0.6) is 11.5 Å². The number of aromatic amines is 1. The van der Waals surface area contributed by atoms with E-state index in [4.69, 9.17) is 9.47 Å². The van der Waals surface area contributed by atoms with Crippen LogP contribution in [0, 0.1) is 0 Å². The zero-order valence-corrected chi connectivity index (χ0v) is 11.3. The minimum absolute atomic E-state index is 0.129. The molecule has 0 saturated carbocycles. The monoisotopic (exact) mass is 285 g/mol. The zero-order chi connectivity index (χ0) is 14.5. The van der Waals surface area contributed by atoms with Crippen LogP contribution in [0.25, 0.3) is 0 Å². The molecule has 0 spiro atoms. The lowest BCUT2D eigenvalue weighted by Gasteiger charge is -2.02. The Morgan fingerprint density at radius 1 is 1.33 bits per heavy atom. The van der Waals surface area contributed by atoms with Crippen molar-refractivity contribution in [2.75, 3.05) is 6.79 Å². The molecule has 2 N–H and O–H groups in total. The van der Waals surface area contributed by atoms with Crippen LogP contribution in [-0.2, 0) is 11.2 Å². The number of rotatable bonds is 5. The third-order valence-corrected chi connectivity index (χ3v) is 3.09. The first-order valence-corrected chi connectivity index (χ1v) is 6.65. The number of carbonyl (C=O) groups excluding carboxylic acids is 1. The van der Waals surface area contributed by atoms with Crippen molar-refractivity contribution in [3.8, 4) is 11.5 Å². The summed E-state index contributed by atoms with van der Waals surface area (Å²) < 4.78 is 10.5. The molecule has 108 valence electrons. The average Bonchev–Trinajstić information content (AvgIpc) is 3.15. The molecule has 1 amide bonds. The van der Waals surface area contributed by atoms with E-state index in [-0.39, 0.29) is 12.7 Å². The SMILES string of the molecule is O=C(CCc1ccc2c(c1)OCO2)N/N=C/c1ccc[nH]1. The first-order chi connectivity index (χ1) is 10.3. The Bertz CT molecular complexity index is 650. The first kappa shape index (κ1) is 13.2. The lowest BCUT2D eigenvalue weighted by Crippen LogP contribution is -2.17. The predicted octanol–water partition coefficient (Wildman–Crippen LogP) is 1.83. The Labute approximate surface area is 121 Å². The van der Waals surface area contributed by atoms with E-state index in [1.807, 2.05) is 30.3 Å². The number of benzene rings is 1. The lowest BCUT2D eigenvalue weighted by molar-refractivity contribution is -0.121. The molecular weight excluding hydrogens is 270 g/mol. The number of aromatic nitrogens is 1. The highest BCUT2D eigenvalue weighted by molar-refractivity contribution is 5.80. The number of nitrogens with one attached hydrogen (secondary N) is 2. The summed E-state index contributed by atoms with van der Waals surface area (Å²) in [5, 5.41) is 3.88. The summed E-state index contributed by atoms with van der Waals surface area (Å²) in [6.45, 7) is 0.257. The summed E-state index contributed by atoms with van der Waals surface area (Å²) in [5.41, 5.74) is 4.37. The van der Waals surface area contributed by atoms with Gasteiger partial charge in [-0.2, -0.15) is 5.10 Å². The maximum atomic E-state index is 11.7. The second-order valence-corrected chi connectivity index (χ2v) is 4.61. The number of amides is 1. The summed E-state index contributed by atoms with van der Waals surface area (Å²) in [4.78, 5) is 14.7. The van der Waals surface area contributed by atoms with Crippen molar-refractivity contribution in [3.63, 3.8) is 0 Å². The highest BCUT2D eigenvalue weighted by atomic mass is 16.7. The first-order valence-electron chi connectivity index (χ1n) is 6.65. The maximum absolute atomic E-state index is 11.7. The third kappa shape index (κ3) is 3.42. The number of hydrogen-bond donors (Lipinski definition) is 2. The Balaban J connectivity index is 1.47. The molecule has 0 saturated heterocycles. The van der Waals surface area contributed by atoms with Crippen molar-refractivity contribution in [2.45, 2.75) is 12.8 Å². The number of carbonyl (C=O) groups is 1. The van der Waals surface area contributed by atoms with Gasteiger partial charge in [-0.15, -0.1) is 0 Å². The number of aryl methyl sites for hydroxylation is 1. The van der Waals surface area contributed by atoms with E-state index in [1.165, 1.54) is 0 Å². The Morgan fingerprint density at radius 2 is 2.24 bits per heavy atom. The minimum Gasteiger partial charge on any atom is -0.454 e. The normalized spacial score (nSPS) is 12.8. The van der Waals surface area contributed by atoms with Gasteiger partial charge < -0.3 is 14.5 Å². The predicted molar refractivity (Wildman–Crippen MR) is 77.4 cm³/mol. The highest BCUT2D eigenvalue weighted by Gasteiger charge is 2.13. The van der Waals surface area contributed by atoms with E-state index in [0.717, 1.165) is 22.8 Å². The molecular formula is C15H15N3O3. The van der Waals surface area contributed by atoms with E-state index in [1.54, 1.807) is 12.4 Å². The number of nitrogens with zero attached hydrogens (tertiary/aromatic N) is 1. The van der Waals surface area contributed by atoms with Gasteiger partial charge in [0.25, 0.3) is 0 Å². The van der Waals surface area contributed by atoms with Crippen molar-refractivity contribution in [1.29, 1.82) is 0 Å². The fraction of sp³-hybridized carbons (Fsp3) is 0.200. The molecule has 1 aromatic heterocycles. The van der Waals surface area contributed by atoms with E-state index in [9.17, 15) is 4.79 Å². The van der Waals surface area contributed by atoms with Crippen molar-refractivity contribution in [3.05, 3.63) is 47.8 Å². The average molecular weight is 285 g/mol. The van der Waals surface area contributed by atoms with E-state index >= 15 is 0 Å². The van der Waals surface area contributed by atoms with Crippen LogP contribution in [0.4, 0.5) is 0 Å². The van der Waals surface area contributed by atoms with Gasteiger partial charge in [0.15, 0.2) is 11.5 Å². The summed E-state index contributed by atoms with van der Waals surface area (Å²) in [5.74, 6) is 1.35. The standard InChI is InChI=1S/C15H15N3O3/c19-15(18-17-9-12-2-1-7-16-12)6-4-11-3-5-13-14(8-11)21-10-20-13/h1-3,5,7-9,16H,4,6,10H2,(H,18,19)/b17-9+. The van der Waals surface area contributed by atoms with Gasteiger partial charge in [-0.25, -0.2) is 5.43 Å². The van der Waals surface area contributed by atoms with Gasteiger partial charge >= 0.3 is 0 Å². The molecule has 2 aromatic rings. The van der Waals surface area contributed by atoms with Gasteiger partial charge in [0.2, 0.25) is 12.7 Å². The van der Waals surface area contributed by atoms with Crippen LogP contribution in [-0.4, -0.2) is 23.9 Å². The fourth-order valence-corrected chi connectivity index (χ4v) is 2.01. The Hall–Kier alpha value is -2.76. The molecule has 1 aliphatic rings. The van der Waals surface area contributed by atoms with Crippen LogP contribution in [0.2, 0.25) is 0 Å². The fourth-order valence-electron chi connectivity index (χ4n) is 2.01. The summed E-state index contributed by atoms with van der Waals surface area (Å²) in [6.07, 6.45) is 4.35. The number of hydrazone groups is 1. The van der Waals surface area contributed by atoms with Gasteiger partial charge in [-0.1, -0.05) is 6.07 Å². The van der Waals surface area contributed by atoms with Crippen LogP contribution in [0.15, 0.2) is 41.6 Å². The molecule has 21 heavy (non-hydrogen) atoms. The van der Waals surface area contributed by atoms with Gasteiger partial charge in [-0.3, -0.25) is 4.79 Å². The van der Waals surface area contributed by atoms with E-state index in [2.05, 4.69) is 15.5 Å². The van der Waals surface area contributed by atoms with Gasteiger partial charge in [-0.05, 0) is 36.2 Å². The van der Waals surface area contributed by atoms with Crippen molar-refractivity contribution < 1.29 is 14.3 Å². The van der Waals surface area contributed by atoms with Crippen LogP contribution in [0.3, 0.4) is 0 Å². The van der Waals surface area contributed by atoms with Crippen molar-refractivity contribution in [2.24, 2.45) is 5.10 Å². The van der Waals surface area contributed by atoms with Crippen molar-refractivity contribution in [1.82, 2.24) is 10.4 Å². The molecule has 0 fully saturated rings. The number of H-pyrrole nitrogens is 1. The Morgan fingerprint density at radius 3 is 3.10 bits per heavy atom. The molecule has 1 aliphatic heterocycles. The molecule has 0 unspecified atom stereocenters. The molecule has 1 aromatic carbocycles. The molecule has 2 heterocycles. The largest absolute Gasteiger partial charge is 0.454 e. The van der Waals surface area contributed by atoms with Gasteiger partial charge in [0.05, 0.1) is 11.9 Å². The molecule has 3 rings (SSSR count). The molecule has 0 radical (unpaired) electrons. The highest BCUT2D eigenvalue weighted by Crippen LogP contribution is 2.32. The van der Waals surface area contributed by atoms with Gasteiger partial charge in [0, 0.05) is 12.6 Å². The second kappa shape index (κ2) is 6.13. The van der Waals surface area contributed by atoms with Gasteiger partial charge in [0.1, 0.15) is 0 Å². The lowest BCUT2D eigenvalue weighted by atomic mass is 10.1. The molecule has 6 heteroatoms. The quantitative estimate of drug-likeness (QED) is 0.650. The van der Waals surface area contributed by atoms with Crippen LogP contribution in [0.1, 0.15) is 17.7 Å². The molecule has 6 nitrogen and oxygen atoms in total. The number of hydrogen-bond acceptors (Lipinski definition) is 4. The molecule has 0 atom stereocenters. The van der Waals surface area contributed by atoms with Crippen LogP contribution >= 0.6 is 0 Å². The van der Waals surface area contributed by atoms with E-state index in [0.29, 0.717) is 12.8 Å². The number of ether oxygens (including phenoxy) is 2. The zero-order valence-electron chi connectivity index (χ0n) is 11.3. The molecule has 0 aliphatic carbocycles. The Kier molecular flexibility index (Phi) is 3.86. The van der Waals surface area contributed by atoms with Crippen LogP contribution < -0.4 is 14.9 Å². The van der Waals surface area contributed by atoms with E-state index < -0.39 is 0 Å². The number of fused-ring (bicyclic) bond motifs is 1. The molecule has 0 bridgehead atoms.